The number of aryl methyl sites for hydroxylation is 2. The molecule has 1 saturated carbocycles. The summed E-state index contributed by atoms with van der Waals surface area (Å²) in [5.41, 5.74) is 3.41. The van der Waals surface area contributed by atoms with Crippen LogP contribution in [0.1, 0.15) is 31.2 Å². The maximum Gasteiger partial charge on any atom is 0.0606 e. The molecule has 1 aliphatic rings. The summed E-state index contributed by atoms with van der Waals surface area (Å²) in [5.74, 6) is 0.895. The highest BCUT2D eigenvalue weighted by Gasteiger charge is 2.25. The van der Waals surface area contributed by atoms with E-state index in [2.05, 4.69) is 36.3 Å². The lowest BCUT2D eigenvalue weighted by Crippen LogP contribution is -2.34. The van der Waals surface area contributed by atoms with Crippen LogP contribution in [0, 0.1) is 19.8 Å². The Morgan fingerprint density at radius 3 is 2.57 bits per heavy atom. The van der Waals surface area contributed by atoms with Gasteiger partial charge < -0.3 is 5.32 Å². The summed E-state index contributed by atoms with van der Waals surface area (Å²) in [4.78, 5) is 4.44. The first-order valence-corrected chi connectivity index (χ1v) is 5.36. The van der Waals surface area contributed by atoms with Gasteiger partial charge in [-0.2, -0.15) is 0 Å². The summed E-state index contributed by atoms with van der Waals surface area (Å²) in [5, 5.41) is 3.54. The normalized spacial score (nSPS) is 25.6. The second kappa shape index (κ2) is 3.60. The van der Waals surface area contributed by atoms with Gasteiger partial charge >= 0.3 is 0 Å². The van der Waals surface area contributed by atoms with Gasteiger partial charge in [-0.25, -0.2) is 0 Å². The van der Waals surface area contributed by atoms with E-state index in [9.17, 15) is 0 Å². The number of nitrogens with zero attached hydrogens (tertiary/aromatic N) is 1. The largest absolute Gasteiger partial charge is 0.381 e. The highest BCUT2D eigenvalue weighted by Crippen LogP contribution is 2.29. The van der Waals surface area contributed by atoms with Crippen LogP contribution in [0.25, 0.3) is 0 Å². The Morgan fingerprint density at radius 2 is 2.00 bits per heavy atom. The number of hydrogen-bond donors (Lipinski definition) is 1. The smallest absolute Gasteiger partial charge is 0.0606 e. The quantitative estimate of drug-likeness (QED) is 0.775. The standard InChI is InChI=1S/C12H18N2/c1-8-6-11(7-8)14-12-5-4-9(2)13-10(12)3/h4-5,8,11,14H,6-7H2,1-3H3. The van der Waals surface area contributed by atoms with Crippen LogP contribution < -0.4 is 5.32 Å². The molecule has 1 N–H and O–H groups in total. The van der Waals surface area contributed by atoms with Gasteiger partial charge in [0.25, 0.3) is 0 Å². The lowest BCUT2D eigenvalue weighted by atomic mass is 9.82. The predicted octanol–water partition coefficient (Wildman–Crippen LogP) is 2.91. The van der Waals surface area contributed by atoms with E-state index in [4.69, 9.17) is 0 Å². The van der Waals surface area contributed by atoms with Crippen molar-refractivity contribution in [2.75, 3.05) is 5.32 Å². The summed E-state index contributed by atoms with van der Waals surface area (Å²) in [6, 6.07) is 4.88. The van der Waals surface area contributed by atoms with Crippen LogP contribution in [0.5, 0.6) is 0 Å². The zero-order valence-corrected chi connectivity index (χ0v) is 9.17. The highest BCUT2D eigenvalue weighted by atomic mass is 15.0. The van der Waals surface area contributed by atoms with Crippen LogP contribution in [0.15, 0.2) is 12.1 Å². The number of pyridine rings is 1. The fraction of sp³-hybridized carbons (Fsp3) is 0.583. The molecule has 76 valence electrons. The van der Waals surface area contributed by atoms with Crippen molar-refractivity contribution in [1.29, 1.82) is 0 Å². The molecule has 0 atom stereocenters. The van der Waals surface area contributed by atoms with E-state index < -0.39 is 0 Å². The maximum atomic E-state index is 4.44. The Bertz CT molecular complexity index is 327. The van der Waals surface area contributed by atoms with Gasteiger partial charge in [0.15, 0.2) is 0 Å². The van der Waals surface area contributed by atoms with Crippen LogP contribution in [0.2, 0.25) is 0 Å². The molecule has 1 fully saturated rings. The third kappa shape index (κ3) is 1.89. The molecule has 0 saturated heterocycles. The van der Waals surface area contributed by atoms with Crippen LogP contribution in [0.3, 0.4) is 0 Å². The van der Waals surface area contributed by atoms with Crippen molar-refractivity contribution >= 4 is 5.69 Å². The van der Waals surface area contributed by atoms with Gasteiger partial charge in [-0.1, -0.05) is 6.92 Å². The average molecular weight is 190 g/mol. The third-order valence-corrected chi connectivity index (χ3v) is 2.96. The van der Waals surface area contributed by atoms with Gasteiger partial charge in [0.2, 0.25) is 0 Å². The fourth-order valence-corrected chi connectivity index (χ4v) is 2.08. The van der Waals surface area contributed by atoms with E-state index in [1.807, 2.05) is 6.92 Å². The van der Waals surface area contributed by atoms with Gasteiger partial charge in [-0.3, -0.25) is 4.98 Å². The lowest BCUT2D eigenvalue weighted by molar-refractivity contribution is 0.309. The molecule has 0 amide bonds. The second-order valence-electron chi connectivity index (χ2n) is 4.50. The van der Waals surface area contributed by atoms with Crippen molar-refractivity contribution in [1.82, 2.24) is 4.98 Å². The van der Waals surface area contributed by atoms with Crippen LogP contribution in [-0.2, 0) is 0 Å². The van der Waals surface area contributed by atoms with Gasteiger partial charge in [0.05, 0.1) is 11.4 Å². The van der Waals surface area contributed by atoms with Gasteiger partial charge in [0.1, 0.15) is 0 Å². The Kier molecular flexibility index (Phi) is 2.44. The molecule has 0 spiro atoms. The van der Waals surface area contributed by atoms with Crippen LogP contribution in [-0.4, -0.2) is 11.0 Å². The first kappa shape index (κ1) is 9.50. The van der Waals surface area contributed by atoms with Crippen molar-refractivity contribution < 1.29 is 0 Å². The molecule has 0 bridgehead atoms. The van der Waals surface area contributed by atoms with Gasteiger partial charge in [-0.15, -0.1) is 0 Å². The number of hydrogen-bond acceptors (Lipinski definition) is 2. The summed E-state index contributed by atoms with van der Waals surface area (Å²) in [6.45, 7) is 6.40. The molecule has 1 aromatic heterocycles. The Hall–Kier alpha value is -1.05. The van der Waals surface area contributed by atoms with Crippen molar-refractivity contribution in [3.63, 3.8) is 0 Å². The molecule has 0 aliphatic heterocycles. The SMILES string of the molecule is Cc1ccc(NC2CC(C)C2)c(C)n1. The van der Waals surface area contributed by atoms with E-state index in [0.717, 1.165) is 17.3 Å². The molecule has 0 aromatic carbocycles. The molecule has 2 nitrogen and oxygen atoms in total. The third-order valence-electron chi connectivity index (χ3n) is 2.96. The summed E-state index contributed by atoms with van der Waals surface area (Å²) in [6.07, 6.45) is 2.60. The first-order valence-electron chi connectivity index (χ1n) is 5.36. The molecule has 1 aromatic rings. The van der Waals surface area contributed by atoms with Crippen LogP contribution in [0.4, 0.5) is 5.69 Å². The van der Waals surface area contributed by atoms with E-state index in [1.54, 1.807) is 0 Å². The van der Waals surface area contributed by atoms with Crippen molar-refractivity contribution in [3.05, 3.63) is 23.5 Å². The highest BCUT2D eigenvalue weighted by molar-refractivity contribution is 5.48. The van der Waals surface area contributed by atoms with E-state index in [-0.39, 0.29) is 0 Å². The van der Waals surface area contributed by atoms with E-state index >= 15 is 0 Å². The number of nitrogens with one attached hydrogen (secondary N) is 1. The molecular formula is C12H18N2. The predicted molar refractivity (Wildman–Crippen MR) is 59.5 cm³/mol. The Balaban J connectivity index is 2.02. The van der Waals surface area contributed by atoms with Gasteiger partial charge in [-0.05, 0) is 44.7 Å². The van der Waals surface area contributed by atoms with Gasteiger partial charge in [0, 0.05) is 11.7 Å². The topological polar surface area (TPSA) is 24.9 Å². The maximum absolute atomic E-state index is 4.44. The first-order chi connectivity index (χ1) is 6.65. The number of aromatic nitrogens is 1. The summed E-state index contributed by atoms with van der Waals surface area (Å²) in [7, 11) is 0. The minimum atomic E-state index is 0.674. The monoisotopic (exact) mass is 190 g/mol. The minimum Gasteiger partial charge on any atom is -0.381 e. The van der Waals surface area contributed by atoms with Crippen molar-refractivity contribution in [3.8, 4) is 0 Å². The lowest BCUT2D eigenvalue weighted by Gasteiger charge is -2.34. The number of anilines is 1. The minimum absolute atomic E-state index is 0.674. The average Bonchev–Trinajstić information content (AvgIpc) is 2.06. The number of rotatable bonds is 2. The Morgan fingerprint density at radius 1 is 1.29 bits per heavy atom. The summed E-state index contributed by atoms with van der Waals surface area (Å²) >= 11 is 0. The fourth-order valence-electron chi connectivity index (χ4n) is 2.08. The molecule has 1 heterocycles. The molecule has 14 heavy (non-hydrogen) atoms. The second-order valence-corrected chi connectivity index (χ2v) is 4.50. The zero-order chi connectivity index (χ0) is 10.1. The molecule has 1 aliphatic carbocycles. The zero-order valence-electron chi connectivity index (χ0n) is 9.17. The van der Waals surface area contributed by atoms with Crippen molar-refractivity contribution in [2.24, 2.45) is 5.92 Å². The molecule has 0 unspecified atom stereocenters. The molecule has 2 heteroatoms. The molecule has 2 rings (SSSR count). The van der Waals surface area contributed by atoms with Crippen molar-refractivity contribution in [2.45, 2.75) is 39.7 Å². The van der Waals surface area contributed by atoms with Crippen LogP contribution >= 0.6 is 0 Å². The molecular weight excluding hydrogens is 172 g/mol. The Labute approximate surface area is 85.7 Å². The van der Waals surface area contributed by atoms with E-state index in [1.165, 1.54) is 18.5 Å². The molecule has 0 radical (unpaired) electrons. The summed E-state index contributed by atoms with van der Waals surface area (Å²) < 4.78 is 0. The van der Waals surface area contributed by atoms with E-state index in [0.29, 0.717) is 6.04 Å².